The smallest absolute Gasteiger partial charge is 0.0827 e. The zero-order chi connectivity index (χ0) is 13.8. The van der Waals surface area contributed by atoms with Crippen molar-refractivity contribution in [1.82, 2.24) is 15.0 Å². The van der Waals surface area contributed by atoms with Gasteiger partial charge in [-0.25, -0.2) is 4.68 Å². The van der Waals surface area contributed by atoms with Crippen LogP contribution in [0.2, 0.25) is 0 Å². The van der Waals surface area contributed by atoms with Gasteiger partial charge in [-0.3, -0.25) is 0 Å². The molecule has 0 saturated carbocycles. The Balaban J connectivity index is 2.10. The molecule has 0 saturated heterocycles. The lowest BCUT2D eigenvalue weighted by molar-refractivity contribution is 0.648. The van der Waals surface area contributed by atoms with Gasteiger partial charge in [0.2, 0.25) is 0 Å². The highest BCUT2D eigenvalue weighted by Crippen LogP contribution is 2.16. The van der Waals surface area contributed by atoms with E-state index in [-0.39, 0.29) is 0 Å². The predicted octanol–water partition coefficient (Wildman–Crippen LogP) is 2.14. The van der Waals surface area contributed by atoms with Crippen molar-refractivity contribution in [2.45, 2.75) is 40.2 Å². The quantitative estimate of drug-likeness (QED) is 0.894. The van der Waals surface area contributed by atoms with Gasteiger partial charge >= 0.3 is 0 Å². The average Bonchev–Trinajstić information content (AvgIpc) is 2.81. The Morgan fingerprint density at radius 2 is 1.84 bits per heavy atom. The first-order chi connectivity index (χ1) is 9.10. The number of aryl methyl sites for hydroxylation is 3. The molecule has 2 N–H and O–H groups in total. The first-order valence-corrected chi connectivity index (χ1v) is 6.76. The fourth-order valence-electron chi connectivity index (χ4n) is 2.22. The Labute approximate surface area is 114 Å². The van der Waals surface area contributed by atoms with Crippen LogP contribution in [0.1, 0.15) is 34.4 Å². The van der Waals surface area contributed by atoms with Crippen LogP contribution < -0.4 is 5.73 Å². The van der Waals surface area contributed by atoms with Crippen LogP contribution in [0.15, 0.2) is 18.3 Å². The lowest BCUT2D eigenvalue weighted by atomic mass is 10.0. The number of nitrogens with two attached hydrogens (primary N) is 1. The Bertz CT molecular complexity index is 534. The van der Waals surface area contributed by atoms with E-state index in [9.17, 15) is 0 Å². The molecular weight excluding hydrogens is 236 g/mol. The minimum atomic E-state index is 0.698. The highest BCUT2D eigenvalue weighted by molar-refractivity contribution is 5.36. The van der Waals surface area contributed by atoms with Gasteiger partial charge in [-0.1, -0.05) is 17.3 Å². The lowest BCUT2D eigenvalue weighted by Gasteiger charge is -2.08. The summed E-state index contributed by atoms with van der Waals surface area (Å²) in [5, 5.41) is 8.34. The average molecular weight is 258 g/mol. The number of rotatable bonds is 5. The first kappa shape index (κ1) is 13.7. The Hall–Kier alpha value is -1.68. The van der Waals surface area contributed by atoms with Gasteiger partial charge in [0.15, 0.2) is 0 Å². The fourth-order valence-corrected chi connectivity index (χ4v) is 2.22. The molecule has 19 heavy (non-hydrogen) atoms. The van der Waals surface area contributed by atoms with Crippen LogP contribution in [-0.4, -0.2) is 21.5 Å². The molecule has 0 atom stereocenters. The molecule has 4 nitrogen and oxygen atoms in total. The summed E-state index contributed by atoms with van der Waals surface area (Å²) in [6.45, 7) is 7.94. The number of hydrogen-bond donors (Lipinski definition) is 1. The summed E-state index contributed by atoms with van der Waals surface area (Å²) >= 11 is 0. The van der Waals surface area contributed by atoms with Crippen molar-refractivity contribution >= 4 is 0 Å². The molecule has 0 radical (unpaired) electrons. The van der Waals surface area contributed by atoms with Gasteiger partial charge in [0.1, 0.15) is 0 Å². The molecule has 0 aliphatic heterocycles. The lowest BCUT2D eigenvalue weighted by Crippen LogP contribution is -2.02. The second-order valence-electron chi connectivity index (χ2n) is 5.15. The molecule has 2 aromatic rings. The monoisotopic (exact) mass is 258 g/mol. The highest BCUT2D eigenvalue weighted by atomic mass is 15.4. The Kier molecular flexibility index (Phi) is 4.32. The topological polar surface area (TPSA) is 56.7 Å². The summed E-state index contributed by atoms with van der Waals surface area (Å²) in [6.07, 6.45) is 3.88. The van der Waals surface area contributed by atoms with E-state index < -0.39 is 0 Å². The van der Waals surface area contributed by atoms with Gasteiger partial charge in [0.25, 0.3) is 0 Å². The standard InChI is InChI=1S/C15H22N4/c1-11-7-14(8-12(2)13(11)3)9-19-10-15(17-18-19)5-4-6-16/h7-8,10H,4-6,9,16H2,1-3H3. The van der Waals surface area contributed by atoms with Gasteiger partial charge in [0, 0.05) is 6.20 Å². The third-order valence-electron chi connectivity index (χ3n) is 3.55. The van der Waals surface area contributed by atoms with E-state index in [4.69, 9.17) is 5.73 Å². The number of hydrogen-bond acceptors (Lipinski definition) is 3. The van der Waals surface area contributed by atoms with Gasteiger partial charge < -0.3 is 5.73 Å². The molecule has 0 aliphatic rings. The molecule has 4 heteroatoms. The zero-order valence-electron chi connectivity index (χ0n) is 12.0. The van der Waals surface area contributed by atoms with E-state index in [1.54, 1.807) is 0 Å². The molecule has 0 unspecified atom stereocenters. The third-order valence-corrected chi connectivity index (χ3v) is 3.55. The van der Waals surface area contributed by atoms with Crippen LogP contribution >= 0.6 is 0 Å². The molecule has 102 valence electrons. The molecule has 0 spiro atoms. The van der Waals surface area contributed by atoms with Crippen molar-refractivity contribution in [3.63, 3.8) is 0 Å². The predicted molar refractivity (Wildman–Crippen MR) is 77.2 cm³/mol. The van der Waals surface area contributed by atoms with Crippen LogP contribution in [0.4, 0.5) is 0 Å². The number of nitrogens with zero attached hydrogens (tertiary/aromatic N) is 3. The molecule has 0 fully saturated rings. The van der Waals surface area contributed by atoms with Crippen molar-refractivity contribution in [3.8, 4) is 0 Å². The molecule has 1 aromatic carbocycles. The van der Waals surface area contributed by atoms with Crippen molar-refractivity contribution in [3.05, 3.63) is 46.3 Å². The van der Waals surface area contributed by atoms with Gasteiger partial charge in [0.05, 0.1) is 12.2 Å². The second-order valence-corrected chi connectivity index (χ2v) is 5.15. The maximum Gasteiger partial charge on any atom is 0.0827 e. The van der Waals surface area contributed by atoms with E-state index in [0.29, 0.717) is 6.54 Å². The summed E-state index contributed by atoms with van der Waals surface area (Å²) in [5.41, 5.74) is 11.8. The highest BCUT2D eigenvalue weighted by Gasteiger charge is 2.04. The minimum Gasteiger partial charge on any atom is -0.330 e. The maximum absolute atomic E-state index is 5.50. The van der Waals surface area contributed by atoms with Gasteiger partial charge in [-0.2, -0.15) is 0 Å². The summed E-state index contributed by atoms with van der Waals surface area (Å²) in [6, 6.07) is 4.45. The van der Waals surface area contributed by atoms with Gasteiger partial charge in [-0.05, 0) is 62.4 Å². The van der Waals surface area contributed by atoms with E-state index in [2.05, 4.69) is 43.2 Å². The first-order valence-electron chi connectivity index (χ1n) is 6.76. The van der Waals surface area contributed by atoms with Gasteiger partial charge in [-0.15, -0.1) is 5.10 Å². The zero-order valence-corrected chi connectivity index (χ0v) is 12.0. The molecule has 0 amide bonds. The van der Waals surface area contributed by atoms with Crippen LogP contribution in [0.3, 0.4) is 0 Å². The molecular formula is C15H22N4. The number of aromatic nitrogens is 3. The SMILES string of the molecule is Cc1cc(Cn2cc(CCCN)nn2)cc(C)c1C. The molecule has 1 heterocycles. The van der Waals surface area contributed by atoms with Crippen molar-refractivity contribution in [1.29, 1.82) is 0 Å². The van der Waals surface area contributed by atoms with Crippen LogP contribution in [0, 0.1) is 20.8 Å². The normalized spacial score (nSPS) is 10.9. The molecule has 0 aliphatic carbocycles. The minimum absolute atomic E-state index is 0.698. The van der Waals surface area contributed by atoms with Crippen LogP contribution in [0.25, 0.3) is 0 Å². The molecule has 0 bridgehead atoms. The van der Waals surface area contributed by atoms with Crippen molar-refractivity contribution < 1.29 is 0 Å². The van der Waals surface area contributed by atoms with Crippen LogP contribution in [0.5, 0.6) is 0 Å². The molecule has 2 rings (SSSR count). The van der Waals surface area contributed by atoms with Crippen molar-refractivity contribution in [2.24, 2.45) is 5.73 Å². The van der Waals surface area contributed by atoms with E-state index in [0.717, 1.165) is 25.1 Å². The maximum atomic E-state index is 5.50. The summed E-state index contributed by atoms with van der Waals surface area (Å²) in [7, 11) is 0. The van der Waals surface area contributed by atoms with Crippen LogP contribution in [-0.2, 0) is 13.0 Å². The molecule has 1 aromatic heterocycles. The van der Waals surface area contributed by atoms with E-state index in [1.807, 2.05) is 10.9 Å². The fraction of sp³-hybridized carbons (Fsp3) is 0.467. The Morgan fingerprint density at radius 1 is 1.16 bits per heavy atom. The Morgan fingerprint density at radius 3 is 2.47 bits per heavy atom. The van der Waals surface area contributed by atoms with E-state index >= 15 is 0 Å². The summed E-state index contributed by atoms with van der Waals surface area (Å²) < 4.78 is 1.90. The summed E-state index contributed by atoms with van der Waals surface area (Å²) in [5.74, 6) is 0. The van der Waals surface area contributed by atoms with Crippen molar-refractivity contribution in [2.75, 3.05) is 6.54 Å². The largest absolute Gasteiger partial charge is 0.330 e. The number of benzene rings is 1. The second kappa shape index (κ2) is 5.97. The summed E-state index contributed by atoms with van der Waals surface area (Å²) in [4.78, 5) is 0. The van der Waals surface area contributed by atoms with E-state index in [1.165, 1.54) is 22.3 Å². The third kappa shape index (κ3) is 3.41.